The summed E-state index contributed by atoms with van der Waals surface area (Å²) in [7, 11) is 0. The van der Waals surface area contributed by atoms with E-state index in [2.05, 4.69) is 30.4 Å². The van der Waals surface area contributed by atoms with Gasteiger partial charge in [-0.25, -0.2) is 9.97 Å². The van der Waals surface area contributed by atoms with Gasteiger partial charge in [0.2, 0.25) is 5.95 Å². The lowest BCUT2D eigenvalue weighted by Crippen LogP contribution is -2.61. The van der Waals surface area contributed by atoms with Crippen LogP contribution in [0.3, 0.4) is 0 Å². The Morgan fingerprint density at radius 2 is 1.90 bits per heavy atom. The van der Waals surface area contributed by atoms with Gasteiger partial charge in [-0.05, 0) is 30.9 Å². The number of ether oxygens (including phenoxy) is 1. The molecule has 1 aromatic carbocycles. The molecule has 1 saturated carbocycles. The van der Waals surface area contributed by atoms with Gasteiger partial charge in [0, 0.05) is 62.3 Å². The molecule has 1 spiro atoms. The van der Waals surface area contributed by atoms with E-state index >= 15 is 0 Å². The molecule has 4 heterocycles. The highest BCUT2D eigenvalue weighted by atomic mass is 16.5. The van der Waals surface area contributed by atoms with Crippen molar-refractivity contribution in [3.63, 3.8) is 0 Å². The van der Waals surface area contributed by atoms with Crippen LogP contribution < -0.4 is 15.5 Å². The van der Waals surface area contributed by atoms with Gasteiger partial charge in [0.05, 0.1) is 18.8 Å². The Kier molecular flexibility index (Phi) is 4.57. The number of hydrogen-bond donors (Lipinski definition) is 2. The number of hydrogen-bond acceptors (Lipinski definition) is 7. The topological polar surface area (TPSA) is 82.6 Å². The number of nitrogens with zero attached hydrogens (tertiary/aromatic N) is 4. The Hall–Kier alpha value is -2.71. The zero-order valence-electron chi connectivity index (χ0n) is 17.6. The summed E-state index contributed by atoms with van der Waals surface area (Å²) in [4.78, 5) is 26.6. The summed E-state index contributed by atoms with van der Waals surface area (Å²) in [5.41, 5.74) is 2.50. The normalized spacial score (nSPS) is 30.1. The second-order valence-corrected chi connectivity index (χ2v) is 9.19. The quantitative estimate of drug-likeness (QED) is 0.782. The second-order valence-electron chi connectivity index (χ2n) is 9.19. The number of anilines is 2. The van der Waals surface area contributed by atoms with E-state index in [4.69, 9.17) is 4.74 Å². The van der Waals surface area contributed by atoms with Crippen molar-refractivity contribution in [2.45, 2.75) is 25.0 Å². The molecule has 1 aliphatic carbocycles. The van der Waals surface area contributed by atoms with Crippen molar-refractivity contribution in [3.8, 4) is 0 Å². The molecule has 0 bridgehead atoms. The summed E-state index contributed by atoms with van der Waals surface area (Å²) in [6.45, 7) is 6.02. The highest BCUT2D eigenvalue weighted by Gasteiger charge is 2.54. The fraction of sp³-hybridized carbons (Fsp3) is 0.522. The molecule has 2 saturated heterocycles. The molecule has 4 aliphatic rings. The smallest absolute Gasteiger partial charge is 0.255 e. The summed E-state index contributed by atoms with van der Waals surface area (Å²) in [5, 5.41) is 7.03. The Balaban J connectivity index is 1.14. The number of aromatic nitrogens is 2. The first-order chi connectivity index (χ1) is 15.2. The third kappa shape index (κ3) is 3.34. The molecule has 3 aliphatic heterocycles. The van der Waals surface area contributed by atoms with E-state index < -0.39 is 0 Å². The van der Waals surface area contributed by atoms with E-state index in [1.807, 2.05) is 36.7 Å². The van der Waals surface area contributed by atoms with Crippen molar-refractivity contribution in [1.82, 2.24) is 20.2 Å². The summed E-state index contributed by atoms with van der Waals surface area (Å²) in [6.07, 6.45) is 6.02. The molecule has 162 valence electrons. The number of carbonyl (C=O) groups excluding carboxylic acids is 1. The fourth-order valence-electron chi connectivity index (χ4n) is 5.80. The van der Waals surface area contributed by atoms with Gasteiger partial charge in [-0.2, -0.15) is 0 Å². The molecule has 0 unspecified atom stereocenters. The Morgan fingerprint density at radius 3 is 2.74 bits per heavy atom. The van der Waals surface area contributed by atoms with Crippen LogP contribution in [0.2, 0.25) is 0 Å². The Labute approximate surface area is 182 Å². The Bertz CT molecular complexity index is 976. The molecule has 1 aromatic heterocycles. The van der Waals surface area contributed by atoms with Crippen molar-refractivity contribution in [1.29, 1.82) is 0 Å². The van der Waals surface area contributed by atoms with Crippen LogP contribution in [0.5, 0.6) is 0 Å². The van der Waals surface area contributed by atoms with Crippen LogP contribution in [0.25, 0.3) is 0 Å². The first-order valence-corrected chi connectivity index (χ1v) is 11.3. The van der Waals surface area contributed by atoms with Gasteiger partial charge in [0.25, 0.3) is 5.91 Å². The van der Waals surface area contributed by atoms with Gasteiger partial charge in [0.1, 0.15) is 5.66 Å². The van der Waals surface area contributed by atoms with Crippen LogP contribution in [0.4, 0.5) is 11.6 Å². The SMILES string of the molecule is O=C1N[C@]2(CC[C@@H]3CN(Cc4cnc(N5CCOCC5)nc4)C[C@@H]32)Nc2ccccc21. The number of para-hydroxylation sites is 1. The third-order valence-electron chi connectivity index (χ3n) is 7.32. The molecule has 1 amide bonds. The number of amides is 1. The van der Waals surface area contributed by atoms with E-state index in [1.54, 1.807) is 0 Å². The third-order valence-corrected chi connectivity index (χ3v) is 7.32. The second kappa shape index (κ2) is 7.46. The minimum Gasteiger partial charge on any atom is -0.378 e. The predicted molar refractivity (Wildman–Crippen MR) is 117 cm³/mol. The number of nitrogens with one attached hydrogen (secondary N) is 2. The van der Waals surface area contributed by atoms with Gasteiger partial charge >= 0.3 is 0 Å². The standard InChI is InChI=1S/C23H28N6O2/c30-21-18-3-1-2-4-20(18)26-23(27-21)6-5-17-14-28(15-19(17)23)13-16-11-24-22(25-12-16)29-7-9-31-10-8-29/h1-4,11-12,17,19,26H,5-10,13-15H2,(H,27,30)/t17-,19+,23+/m1/s1. The van der Waals surface area contributed by atoms with Crippen LogP contribution in [-0.2, 0) is 11.3 Å². The van der Waals surface area contributed by atoms with Gasteiger partial charge in [-0.3, -0.25) is 9.69 Å². The van der Waals surface area contributed by atoms with Crippen LogP contribution in [-0.4, -0.2) is 65.8 Å². The Morgan fingerprint density at radius 1 is 1.10 bits per heavy atom. The lowest BCUT2D eigenvalue weighted by atomic mass is 9.89. The number of morpholine rings is 1. The summed E-state index contributed by atoms with van der Waals surface area (Å²) >= 11 is 0. The van der Waals surface area contributed by atoms with E-state index in [9.17, 15) is 4.79 Å². The molecular formula is C23H28N6O2. The lowest BCUT2D eigenvalue weighted by Gasteiger charge is -2.42. The highest BCUT2D eigenvalue weighted by molar-refractivity contribution is 6.02. The van der Waals surface area contributed by atoms with Crippen molar-refractivity contribution >= 4 is 17.5 Å². The maximum Gasteiger partial charge on any atom is 0.255 e. The van der Waals surface area contributed by atoms with Gasteiger partial charge in [-0.15, -0.1) is 0 Å². The zero-order valence-corrected chi connectivity index (χ0v) is 17.6. The fourth-order valence-corrected chi connectivity index (χ4v) is 5.80. The number of benzene rings is 1. The molecule has 31 heavy (non-hydrogen) atoms. The van der Waals surface area contributed by atoms with Crippen molar-refractivity contribution < 1.29 is 9.53 Å². The van der Waals surface area contributed by atoms with E-state index in [-0.39, 0.29) is 11.6 Å². The summed E-state index contributed by atoms with van der Waals surface area (Å²) < 4.78 is 5.41. The molecule has 2 N–H and O–H groups in total. The van der Waals surface area contributed by atoms with Gasteiger partial charge in [-0.1, -0.05) is 12.1 Å². The van der Waals surface area contributed by atoms with Crippen LogP contribution in [0, 0.1) is 11.8 Å². The van der Waals surface area contributed by atoms with Crippen LogP contribution in [0.15, 0.2) is 36.7 Å². The predicted octanol–water partition coefficient (Wildman–Crippen LogP) is 1.71. The molecule has 3 fully saturated rings. The number of carbonyl (C=O) groups is 1. The zero-order chi connectivity index (χ0) is 20.8. The minimum absolute atomic E-state index is 0.0422. The maximum atomic E-state index is 12.8. The average molecular weight is 421 g/mol. The number of likely N-dealkylation sites (tertiary alicyclic amines) is 1. The lowest BCUT2D eigenvalue weighted by molar-refractivity contribution is 0.0871. The van der Waals surface area contributed by atoms with E-state index in [1.165, 1.54) is 0 Å². The van der Waals surface area contributed by atoms with Crippen LogP contribution in [0.1, 0.15) is 28.8 Å². The summed E-state index contributed by atoms with van der Waals surface area (Å²) in [5.74, 6) is 1.82. The molecule has 3 atom stereocenters. The average Bonchev–Trinajstić information content (AvgIpc) is 3.35. The number of fused-ring (bicyclic) bond motifs is 3. The monoisotopic (exact) mass is 420 g/mol. The first kappa shape index (κ1) is 19.0. The maximum absolute atomic E-state index is 12.8. The van der Waals surface area contributed by atoms with Crippen molar-refractivity contribution in [3.05, 3.63) is 47.8 Å². The summed E-state index contributed by atoms with van der Waals surface area (Å²) in [6, 6.07) is 7.81. The molecule has 8 nitrogen and oxygen atoms in total. The molecule has 6 rings (SSSR count). The molecule has 0 radical (unpaired) electrons. The molecule has 2 aromatic rings. The van der Waals surface area contributed by atoms with Crippen molar-refractivity contribution in [2.75, 3.05) is 49.6 Å². The van der Waals surface area contributed by atoms with Gasteiger partial charge < -0.3 is 20.3 Å². The molecule has 8 heteroatoms. The first-order valence-electron chi connectivity index (χ1n) is 11.3. The number of rotatable bonds is 3. The van der Waals surface area contributed by atoms with Crippen LogP contribution >= 0.6 is 0 Å². The minimum atomic E-state index is -0.332. The highest BCUT2D eigenvalue weighted by Crippen LogP contribution is 2.47. The largest absolute Gasteiger partial charge is 0.378 e. The van der Waals surface area contributed by atoms with E-state index in [0.29, 0.717) is 11.8 Å². The van der Waals surface area contributed by atoms with Gasteiger partial charge in [0.15, 0.2) is 0 Å². The van der Waals surface area contributed by atoms with E-state index in [0.717, 1.165) is 81.5 Å². The van der Waals surface area contributed by atoms with Crippen molar-refractivity contribution in [2.24, 2.45) is 11.8 Å². The molecular weight excluding hydrogens is 392 g/mol.